The van der Waals surface area contributed by atoms with Crippen molar-refractivity contribution in [3.63, 3.8) is 0 Å². The molecule has 522 valence electrons. The van der Waals surface area contributed by atoms with Crippen LogP contribution in [0.4, 0.5) is 0 Å². The third-order valence-corrected chi connectivity index (χ3v) is 49.2. The largest absolute Gasteiger partial charge is 0.164 e. The molecule has 3 heterocycles. The lowest BCUT2D eigenvalue weighted by molar-refractivity contribution is 0.620. The van der Waals surface area contributed by atoms with Crippen molar-refractivity contribution in [1.82, 2.24) is 13.3 Å². The fraction of sp³-hybridized carbons (Fsp3) is 0.283. The van der Waals surface area contributed by atoms with E-state index in [1.54, 1.807) is 0 Å². The van der Waals surface area contributed by atoms with Crippen LogP contribution in [0.2, 0.25) is 0 Å². The third kappa shape index (κ3) is 14.9. The van der Waals surface area contributed by atoms with Gasteiger partial charge in [-0.05, 0) is 191 Å². The van der Waals surface area contributed by atoms with Crippen molar-refractivity contribution in [2.24, 2.45) is 0 Å². The van der Waals surface area contributed by atoms with Crippen molar-refractivity contribution in [2.45, 2.75) is 145 Å². The highest BCUT2D eigenvalue weighted by Gasteiger charge is 2.62. The van der Waals surface area contributed by atoms with Gasteiger partial charge >= 0.3 is 0 Å². The van der Waals surface area contributed by atoms with Crippen molar-refractivity contribution < 1.29 is 0 Å². The Bertz CT molecular complexity index is 3830. The van der Waals surface area contributed by atoms with E-state index in [9.17, 15) is 0 Å². The molecule has 10 atom stereocenters. The van der Waals surface area contributed by atoms with Crippen molar-refractivity contribution in [3.05, 3.63) is 375 Å². The summed E-state index contributed by atoms with van der Waals surface area (Å²) in [6.07, 6.45) is 15.4. The minimum absolute atomic E-state index is 0.138. The molecule has 0 bridgehead atoms. The van der Waals surface area contributed by atoms with E-state index >= 15 is 0 Å². The standard InChI is InChI=1S/C92H109N3P6/c1-10-13-68-93(96-4)99(7)87(81-54-46-73(47-55-81)71-75-50-58-85(59-51-75)97(5,83-42-30-20-31-43-83)94(69-14-11-2)100(8)89(77-34-22-16-23-35-77)64-65-90(100)78-36-24-17-25-37-78)62-63-88(99)82-56-48-74(49-57-82)72-76-52-60-86(61-53-76)98(6,84-44-32-21-33-45-84)95(70-15-12-3)101(9)91(79-38-26-18-27-39-79)66-67-92(101)80-40-28-19-29-41-80/h16-61,87-92H,4-15,62-72,96H2,1-3H3/t87-,88-,89-,90-,91+,92+,97?,98?,99?/m0/s1. The molecule has 10 aromatic rings. The summed E-state index contributed by atoms with van der Waals surface area (Å²) in [6.45, 7) is 42.5. The number of hydrogen-bond donors (Lipinski definition) is 0. The molecule has 3 nitrogen and oxygen atoms in total. The highest BCUT2D eigenvalue weighted by atomic mass is 31.3. The van der Waals surface area contributed by atoms with E-state index in [1.807, 2.05) is 0 Å². The molecule has 3 saturated heterocycles. The van der Waals surface area contributed by atoms with Crippen LogP contribution < -0.4 is 21.2 Å². The number of unbranched alkanes of at least 4 members (excludes halogenated alkanes) is 3. The molecule has 10 aromatic carbocycles. The van der Waals surface area contributed by atoms with Crippen molar-refractivity contribution in [1.29, 1.82) is 0 Å². The van der Waals surface area contributed by atoms with Gasteiger partial charge in [0.1, 0.15) is 0 Å². The van der Waals surface area contributed by atoms with Crippen molar-refractivity contribution in [2.75, 3.05) is 19.6 Å². The molecule has 101 heavy (non-hydrogen) atoms. The van der Waals surface area contributed by atoms with Gasteiger partial charge < -0.3 is 0 Å². The average Bonchev–Trinajstić information content (AvgIpc) is 1.68. The van der Waals surface area contributed by atoms with Crippen LogP contribution in [0.25, 0.3) is 0 Å². The molecule has 3 fully saturated rings. The number of hydrogen-bond acceptors (Lipinski definition) is 3. The van der Waals surface area contributed by atoms with Gasteiger partial charge in [0.15, 0.2) is 0 Å². The molecule has 13 rings (SSSR count). The molecule has 0 amide bonds. The van der Waals surface area contributed by atoms with Crippen LogP contribution in [0.5, 0.6) is 0 Å². The van der Waals surface area contributed by atoms with E-state index in [4.69, 9.17) is 40.0 Å². The van der Waals surface area contributed by atoms with Gasteiger partial charge in [0.05, 0.1) is 89.6 Å². The normalized spacial score (nSPS) is 22.3. The zero-order valence-electron chi connectivity index (χ0n) is 60.4. The maximum absolute atomic E-state index is 5.60. The van der Waals surface area contributed by atoms with Gasteiger partial charge in [-0.1, -0.05) is 271 Å². The summed E-state index contributed by atoms with van der Waals surface area (Å²) in [4.78, 5) is 0. The Morgan fingerprint density at radius 2 is 0.535 bits per heavy atom. The molecular formula is C92H109N3P6. The minimum atomic E-state index is -2.42. The second-order valence-electron chi connectivity index (χ2n) is 29.1. The first-order valence-corrected chi connectivity index (χ1v) is 49.0. The summed E-state index contributed by atoms with van der Waals surface area (Å²) in [6, 6.07) is 107. The predicted octanol–water partition coefficient (Wildman–Crippen LogP) is 25.9. The Balaban J connectivity index is 0.749. The first-order valence-electron chi connectivity index (χ1n) is 37.6. The highest BCUT2D eigenvalue weighted by Crippen LogP contribution is 2.93. The second kappa shape index (κ2) is 33.4. The predicted molar refractivity (Wildman–Crippen MR) is 454 cm³/mol. The van der Waals surface area contributed by atoms with Gasteiger partial charge in [0.25, 0.3) is 0 Å². The summed E-state index contributed by atoms with van der Waals surface area (Å²) < 4.78 is 8.78. The Morgan fingerprint density at radius 3 is 0.802 bits per heavy atom. The molecule has 9 heteroatoms. The van der Waals surface area contributed by atoms with E-state index < -0.39 is 37.1 Å². The van der Waals surface area contributed by atoms with Gasteiger partial charge in [0.2, 0.25) is 0 Å². The van der Waals surface area contributed by atoms with Crippen LogP contribution in [0.1, 0.15) is 187 Å². The zero-order valence-corrected chi connectivity index (χ0v) is 66.1. The fourth-order valence-electron chi connectivity index (χ4n) is 17.9. The second-order valence-corrected chi connectivity index (χ2v) is 47.8. The monoisotopic (exact) mass is 1440 g/mol. The smallest absolute Gasteiger partial charge is 0.0906 e. The van der Waals surface area contributed by atoms with Crippen LogP contribution in [-0.4, -0.2) is 33.0 Å². The lowest BCUT2D eigenvalue weighted by Gasteiger charge is -2.51. The van der Waals surface area contributed by atoms with E-state index in [1.165, 1.54) is 89.7 Å². The Kier molecular flexibility index (Phi) is 24.5. The molecule has 0 aliphatic carbocycles. The van der Waals surface area contributed by atoms with Crippen LogP contribution >= 0.6 is 45.8 Å². The van der Waals surface area contributed by atoms with Gasteiger partial charge in [-0.2, -0.15) is 26.7 Å². The SMILES string of the molecule is [CH2-][PH2+]N(CCCC)[P+]1([CH2-])[C@H](c2ccc(Cc3ccc([P+]([CH2-])(c4ccccc4)N(CCCC)[P+]4([CH2-])[C@@H](c5ccccc5)CC[C@@H]4c4ccccc4)cc3)cc2)CC[C@H]1c1ccc(Cc2ccc([P+]([CH2-])(c3ccccc3)N(CCCC)[P+]3([CH2-])[C@H](c4ccccc4)CC[C@H]3c3ccccc3)cc2)cc1. The first-order chi connectivity index (χ1) is 49.3. The van der Waals surface area contributed by atoms with Crippen LogP contribution in [-0.2, 0) is 12.8 Å². The Hall–Kier alpha value is -5.34. The fourth-order valence-corrected chi connectivity index (χ4v) is 45.5. The third-order valence-electron chi connectivity index (χ3n) is 23.3. The van der Waals surface area contributed by atoms with Gasteiger partial charge in [-0.3, -0.25) is 0 Å². The van der Waals surface area contributed by atoms with Gasteiger partial charge in [0, 0.05) is 14.8 Å². The van der Waals surface area contributed by atoms with Gasteiger partial charge in [-0.15, -0.1) is 26.7 Å². The summed E-state index contributed by atoms with van der Waals surface area (Å²) in [5, 5.41) is 5.36. The number of rotatable bonds is 29. The summed E-state index contributed by atoms with van der Waals surface area (Å²) >= 11 is 0. The maximum Gasteiger partial charge on any atom is 0.0906 e. The van der Waals surface area contributed by atoms with E-state index in [2.05, 4.69) is 313 Å². The molecule has 0 radical (unpaired) electrons. The van der Waals surface area contributed by atoms with E-state index in [-0.39, 0.29) is 8.73 Å². The minimum Gasteiger partial charge on any atom is -0.164 e. The van der Waals surface area contributed by atoms with E-state index in [0.29, 0.717) is 34.0 Å². The van der Waals surface area contributed by atoms with Crippen molar-refractivity contribution >= 4 is 67.0 Å². The lowest BCUT2D eigenvalue weighted by Crippen LogP contribution is -2.37. The Labute approximate surface area is 615 Å². The average molecular weight is 1440 g/mol. The molecule has 0 N–H and O–H groups in total. The molecule has 4 unspecified atom stereocenters. The molecular weight excluding hydrogens is 1330 g/mol. The van der Waals surface area contributed by atoms with Crippen molar-refractivity contribution in [3.8, 4) is 0 Å². The zero-order chi connectivity index (χ0) is 70.0. The molecule has 0 saturated carbocycles. The Morgan fingerprint density at radius 1 is 0.307 bits per heavy atom. The molecule has 0 spiro atoms. The summed E-state index contributed by atoms with van der Waals surface area (Å²) in [5.41, 5.74) is 16.2. The first kappa shape index (κ1) is 74.0. The van der Waals surface area contributed by atoms with E-state index in [0.717, 1.165) is 96.7 Å². The quantitative estimate of drug-likeness (QED) is 0.0342. The highest BCUT2D eigenvalue weighted by molar-refractivity contribution is 7.98. The molecule has 0 aromatic heterocycles. The summed E-state index contributed by atoms with van der Waals surface area (Å²) in [7, 11) is -11.4. The van der Waals surface area contributed by atoms with Crippen LogP contribution in [0, 0.1) is 40.0 Å². The molecule has 3 aliphatic rings. The molecule has 3 aliphatic heterocycles. The number of benzene rings is 10. The van der Waals surface area contributed by atoms with Gasteiger partial charge in [-0.25, -0.2) is 0 Å². The summed E-state index contributed by atoms with van der Waals surface area (Å²) in [5.74, 6) is 0. The van der Waals surface area contributed by atoms with Crippen LogP contribution in [0.15, 0.2) is 279 Å². The maximum atomic E-state index is 5.60. The number of nitrogens with zero attached hydrogens (tertiary/aromatic N) is 3. The van der Waals surface area contributed by atoms with Crippen LogP contribution in [0.3, 0.4) is 0 Å². The topological polar surface area (TPSA) is 9.72 Å². The lowest BCUT2D eigenvalue weighted by atomic mass is 9.99.